The fraction of sp³-hybridized carbons (Fsp3) is 0.333. The van der Waals surface area contributed by atoms with E-state index in [-0.39, 0.29) is 11.3 Å². The smallest absolute Gasteiger partial charge is 0.314 e. The summed E-state index contributed by atoms with van der Waals surface area (Å²) in [6.45, 7) is 0. The monoisotopic (exact) mass is 220 g/mol. The minimum atomic E-state index is -0.927. The van der Waals surface area contributed by atoms with Gasteiger partial charge in [0.25, 0.3) is 0 Å². The predicted octanol–water partition coefficient (Wildman–Crippen LogP) is 1.71. The minimum absolute atomic E-state index is 0.0225. The lowest BCUT2D eigenvalue weighted by molar-refractivity contribution is -0.147. The first-order valence-electron chi connectivity index (χ1n) is 5.12. The molecule has 0 atom stereocenters. The van der Waals surface area contributed by atoms with Crippen LogP contribution in [-0.2, 0) is 10.2 Å². The van der Waals surface area contributed by atoms with Crippen LogP contribution in [0, 0.1) is 0 Å². The first-order valence-corrected chi connectivity index (χ1v) is 5.12. The number of carbonyl (C=O) groups excluding carboxylic acids is 1. The van der Waals surface area contributed by atoms with Crippen molar-refractivity contribution in [2.45, 2.75) is 24.7 Å². The van der Waals surface area contributed by atoms with E-state index in [9.17, 15) is 19.8 Å². The molecule has 0 amide bonds. The summed E-state index contributed by atoms with van der Waals surface area (Å²) < 4.78 is 0. The van der Waals surface area contributed by atoms with Crippen LogP contribution in [0.3, 0.4) is 0 Å². The summed E-state index contributed by atoms with van der Waals surface area (Å²) in [6, 6.07) is 4.27. The van der Waals surface area contributed by atoms with Crippen molar-refractivity contribution in [1.29, 1.82) is 0 Å². The van der Waals surface area contributed by atoms with Crippen LogP contribution < -0.4 is 0 Å². The van der Waals surface area contributed by atoms with Crippen LogP contribution in [0.2, 0.25) is 0 Å². The van der Waals surface area contributed by atoms with E-state index in [2.05, 4.69) is 0 Å². The standard InChI is InChI=1S/C12H12O4/c13-7-8-6-9(14)2-3-10(8)12(11(15)16)4-1-5-12/h2-3,6-7,14H,1,4-5H2,(H,15,16). The zero-order chi connectivity index (χ0) is 11.8. The third-order valence-electron chi connectivity index (χ3n) is 3.29. The van der Waals surface area contributed by atoms with E-state index in [0.29, 0.717) is 24.7 Å². The highest BCUT2D eigenvalue weighted by Crippen LogP contribution is 2.45. The van der Waals surface area contributed by atoms with Crippen molar-refractivity contribution < 1.29 is 19.8 Å². The fourth-order valence-corrected chi connectivity index (χ4v) is 2.21. The molecule has 4 nitrogen and oxygen atoms in total. The van der Waals surface area contributed by atoms with Crippen LogP contribution in [0.1, 0.15) is 35.2 Å². The number of carboxylic acids is 1. The SMILES string of the molecule is O=Cc1cc(O)ccc1C1(C(=O)O)CCC1. The average Bonchev–Trinajstić information content (AvgIpc) is 2.17. The Hall–Kier alpha value is -1.84. The fourth-order valence-electron chi connectivity index (χ4n) is 2.21. The van der Waals surface area contributed by atoms with Crippen molar-refractivity contribution in [2.24, 2.45) is 0 Å². The van der Waals surface area contributed by atoms with Gasteiger partial charge in [-0.2, -0.15) is 0 Å². The van der Waals surface area contributed by atoms with Crippen molar-refractivity contribution in [3.8, 4) is 5.75 Å². The van der Waals surface area contributed by atoms with Gasteiger partial charge >= 0.3 is 5.97 Å². The topological polar surface area (TPSA) is 74.6 Å². The van der Waals surface area contributed by atoms with Crippen LogP contribution in [0.4, 0.5) is 0 Å². The van der Waals surface area contributed by atoms with Gasteiger partial charge in [-0.1, -0.05) is 12.5 Å². The summed E-state index contributed by atoms with van der Waals surface area (Å²) in [6.07, 6.45) is 2.55. The number of benzene rings is 1. The number of carboxylic acid groups (broad SMARTS) is 1. The molecule has 1 saturated carbocycles. The van der Waals surface area contributed by atoms with Crippen molar-refractivity contribution >= 4 is 12.3 Å². The third kappa shape index (κ3) is 1.38. The Morgan fingerprint density at radius 2 is 2.06 bits per heavy atom. The van der Waals surface area contributed by atoms with Crippen molar-refractivity contribution in [3.05, 3.63) is 29.3 Å². The lowest BCUT2D eigenvalue weighted by atomic mass is 9.63. The molecule has 1 aromatic carbocycles. The van der Waals surface area contributed by atoms with Crippen LogP contribution in [0.15, 0.2) is 18.2 Å². The molecule has 1 aliphatic carbocycles. The van der Waals surface area contributed by atoms with Crippen LogP contribution >= 0.6 is 0 Å². The summed E-state index contributed by atoms with van der Waals surface area (Å²) in [4.78, 5) is 22.2. The quantitative estimate of drug-likeness (QED) is 0.760. The van der Waals surface area contributed by atoms with E-state index in [4.69, 9.17) is 0 Å². The summed E-state index contributed by atoms with van der Waals surface area (Å²) in [5.74, 6) is -0.918. The number of hydrogen-bond donors (Lipinski definition) is 2. The zero-order valence-electron chi connectivity index (χ0n) is 8.64. The summed E-state index contributed by atoms with van der Waals surface area (Å²) in [7, 11) is 0. The molecule has 0 aromatic heterocycles. The second-order valence-electron chi connectivity index (χ2n) is 4.13. The van der Waals surface area contributed by atoms with Crippen molar-refractivity contribution in [2.75, 3.05) is 0 Å². The molecule has 2 rings (SSSR count). The Bertz CT molecular complexity index is 446. The molecule has 0 spiro atoms. The molecule has 0 aliphatic heterocycles. The normalized spacial score (nSPS) is 17.5. The molecule has 1 aliphatic rings. The number of rotatable bonds is 3. The Morgan fingerprint density at radius 1 is 1.38 bits per heavy atom. The molecule has 0 unspecified atom stereocenters. The lowest BCUT2D eigenvalue weighted by Crippen LogP contribution is -2.43. The number of phenols is 1. The summed E-state index contributed by atoms with van der Waals surface area (Å²) >= 11 is 0. The highest BCUT2D eigenvalue weighted by atomic mass is 16.4. The van der Waals surface area contributed by atoms with Gasteiger partial charge in [0.05, 0.1) is 5.41 Å². The maximum Gasteiger partial charge on any atom is 0.314 e. The van der Waals surface area contributed by atoms with E-state index in [0.717, 1.165) is 6.42 Å². The molecule has 0 saturated heterocycles. The van der Waals surface area contributed by atoms with Gasteiger partial charge in [0.1, 0.15) is 5.75 Å². The second-order valence-corrected chi connectivity index (χ2v) is 4.13. The Balaban J connectivity index is 2.54. The van der Waals surface area contributed by atoms with Crippen LogP contribution in [0.25, 0.3) is 0 Å². The second kappa shape index (κ2) is 3.63. The molecule has 0 heterocycles. The predicted molar refractivity (Wildman–Crippen MR) is 56.7 cm³/mol. The van der Waals surface area contributed by atoms with Gasteiger partial charge in [0.2, 0.25) is 0 Å². The Labute approximate surface area is 92.5 Å². The molecular weight excluding hydrogens is 208 g/mol. The van der Waals surface area contributed by atoms with Crippen LogP contribution in [0.5, 0.6) is 5.75 Å². The van der Waals surface area contributed by atoms with E-state index in [1.807, 2.05) is 0 Å². The molecule has 1 aromatic rings. The molecule has 84 valence electrons. The minimum Gasteiger partial charge on any atom is -0.508 e. The number of carbonyl (C=O) groups is 2. The van der Waals surface area contributed by atoms with Gasteiger partial charge in [-0.25, -0.2) is 0 Å². The number of aliphatic carboxylic acids is 1. The molecule has 0 radical (unpaired) electrons. The lowest BCUT2D eigenvalue weighted by Gasteiger charge is -2.38. The van der Waals surface area contributed by atoms with Gasteiger partial charge in [-0.05, 0) is 30.5 Å². The Morgan fingerprint density at radius 3 is 2.50 bits per heavy atom. The maximum atomic E-state index is 11.3. The van der Waals surface area contributed by atoms with E-state index >= 15 is 0 Å². The highest BCUT2D eigenvalue weighted by molar-refractivity contribution is 5.88. The van der Waals surface area contributed by atoms with Crippen LogP contribution in [-0.4, -0.2) is 22.5 Å². The third-order valence-corrected chi connectivity index (χ3v) is 3.29. The molecule has 1 fully saturated rings. The first kappa shape index (κ1) is 10.7. The number of aromatic hydroxyl groups is 1. The largest absolute Gasteiger partial charge is 0.508 e. The molecular formula is C12H12O4. The van der Waals surface area contributed by atoms with Gasteiger partial charge in [-0.3, -0.25) is 9.59 Å². The van der Waals surface area contributed by atoms with Crippen molar-refractivity contribution in [3.63, 3.8) is 0 Å². The summed E-state index contributed by atoms with van der Waals surface area (Å²) in [5.41, 5.74) is -0.148. The summed E-state index contributed by atoms with van der Waals surface area (Å²) in [5, 5.41) is 18.5. The highest BCUT2D eigenvalue weighted by Gasteiger charge is 2.47. The van der Waals surface area contributed by atoms with Gasteiger partial charge in [0.15, 0.2) is 6.29 Å². The van der Waals surface area contributed by atoms with E-state index in [1.54, 1.807) is 0 Å². The van der Waals surface area contributed by atoms with Crippen molar-refractivity contribution in [1.82, 2.24) is 0 Å². The number of phenolic OH excluding ortho intramolecular Hbond substituents is 1. The van der Waals surface area contributed by atoms with E-state index in [1.165, 1.54) is 18.2 Å². The first-order chi connectivity index (χ1) is 7.60. The molecule has 16 heavy (non-hydrogen) atoms. The zero-order valence-corrected chi connectivity index (χ0v) is 8.64. The van der Waals surface area contributed by atoms with E-state index < -0.39 is 11.4 Å². The molecule has 0 bridgehead atoms. The average molecular weight is 220 g/mol. The van der Waals surface area contributed by atoms with Gasteiger partial charge in [0, 0.05) is 5.56 Å². The Kier molecular flexibility index (Phi) is 2.42. The van der Waals surface area contributed by atoms with Gasteiger partial charge < -0.3 is 10.2 Å². The number of hydrogen-bond acceptors (Lipinski definition) is 3. The molecule has 4 heteroatoms. The molecule has 2 N–H and O–H groups in total. The maximum absolute atomic E-state index is 11.3. The van der Waals surface area contributed by atoms with Gasteiger partial charge in [-0.15, -0.1) is 0 Å². The number of aldehydes is 1.